The molecule has 1 aromatic rings. The minimum absolute atomic E-state index is 0.0378. The first-order valence-corrected chi connectivity index (χ1v) is 13.9. The van der Waals surface area contributed by atoms with E-state index in [1.807, 2.05) is 31.2 Å². The van der Waals surface area contributed by atoms with E-state index >= 15 is 0 Å². The first-order valence-electron chi connectivity index (χ1n) is 12.3. The first-order chi connectivity index (χ1) is 18.0. The number of Topliss-reactive ketones (excluding diaryl/α,β-unsaturated/α-hetero) is 1. The van der Waals surface area contributed by atoms with Crippen LogP contribution >= 0.6 is 31.9 Å². The molecule has 0 aromatic heterocycles. The summed E-state index contributed by atoms with van der Waals surface area (Å²) in [5.74, 6) is -2.27. The van der Waals surface area contributed by atoms with Gasteiger partial charge in [-0.3, -0.25) is 24.1 Å². The zero-order valence-corrected chi connectivity index (χ0v) is 25.0. The topological polar surface area (TPSA) is 131 Å². The molecule has 2 rings (SSSR count). The summed E-state index contributed by atoms with van der Waals surface area (Å²) in [5.41, 5.74) is 1.82. The molecule has 1 aliphatic heterocycles. The number of nitrogens with one attached hydrogen (secondary N) is 2. The summed E-state index contributed by atoms with van der Waals surface area (Å²) < 4.78 is 10.8. The number of ether oxygens (including phenoxy) is 2. The normalized spacial score (nSPS) is 15.1. The fourth-order valence-corrected chi connectivity index (χ4v) is 4.34. The Labute approximate surface area is 239 Å². The lowest BCUT2D eigenvalue weighted by molar-refractivity contribution is -0.138. The molecule has 0 radical (unpaired) electrons. The molecule has 12 heteroatoms. The molecule has 0 fully saturated rings. The second-order valence-corrected chi connectivity index (χ2v) is 10.7. The molecule has 0 saturated carbocycles. The number of imide groups is 1. The van der Waals surface area contributed by atoms with Crippen LogP contribution in [0.15, 0.2) is 33.2 Å². The second-order valence-electron chi connectivity index (χ2n) is 9.12. The van der Waals surface area contributed by atoms with Crippen LogP contribution in [0.2, 0.25) is 0 Å². The fourth-order valence-electron chi connectivity index (χ4n) is 3.57. The van der Waals surface area contributed by atoms with Crippen LogP contribution in [-0.4, -0.2) is 66.9 Å². The summed E-state index contributed by atoms with van der Waals surface area (Å²) in [6.45, 7) is 7.36. The van der Waals surface area contributed by atoms with Crippen molar-refractivity contribution in [2.75, 3.05) is 31.7 Å². The number of halogens is 2. The van der Waals surface area contributed by atoms with Crippen LogP contribution in [0, 0.1) is 11.8 Å². The number of anilines is 1. The van der Waals surface area contributed by atoms with Gasteiger partial charge in [0.2, 0.25) is 5.91 Å². The maximum absolute atomic E-state index is 12.9. The van der Waals surface area contributed by atoms with Crippen molar-refractivity contribution in [2.24, 2.45) is 11.8 Å². The van der Waals surface area contributed by atoms with Crippen LogP contribution in [0.1, 0.15) is 39.7 Å². The van der Waals surface area contributed by atoms with Gasteiger partial charge in [0, 0.05) is 18.0 Å². The maximum atomic E-state index is 12.9. The molecule has 1 aromatic carbocycles. The van der Waals surface area contributed by atoms with Crippen LogP contribution < -0.4 is 10.6 Å². The van der Waals surface area contributed by atoms with Gasteiger partial charge in [-0.1, -0.05) is 39.8 Å². The fraction of sp³-hybridized carbons (Fsp3) is 0.500. The van der Waals surface area contributed by atoms with Crippen LogP contribution in [-0.2, 0) is 35.1 Å². The van der Waals surface area contributed by atoms with Crippen molar-refractivity contribution >= 4 is 67.1 Å². The summed E-state index contributed by atoms with van der Waals surface area (Å²) in [6, 6.07) is 6.70. The number of ketones is 1. The van der Waals surface area contributed by atoms with E-state index in [-0.39, 0.29) is 59.4 Å². The van der Waals surface area contributed by atoms with E-state index in [4.69, 9.17) is 9.47 Å². The molecule has 0 saturated heterocycles. The van der Waals surface area contributed by atoms with Crippen molar-refractivity contribution in [3.05, 3.63) is 38.8 Å². The van der Waals surface area contributed by atoms with E-state index in [9.17, 15) is 24.0 Å². The van der Waals surface area contributed by atoms with Crippen molar-refractivity contribution in [1.29, 1.82) is 0 Å². The van der Waals surface area contributed by atoms with Crippen molar-refractivity contribution in [3.63, 3.8) is 0 Å². The van der Waals surface area contributed by atoms with Crippen LogP contribution in [0.3, 0.4) is 0 Å². The number of benzene rings is 1. The van der Waals surface area contributed by atoms with Crippen molar-refractivity contribution in [1.82, 2.24) is 10.2 Å². The zero-order valence-electron chi connectivity index (χ0n) is 21.8. The molecule has 4 amide bonds. The van der Waals surface area contributed by atoms with Crippen molar-refractivity contribution in [2.45, 2.75) is 46.6 Å². The molecule has 2 atom stereocenters. The van der Waals surface area contributed by atoms with E-state index in [0.29, 0.717) is 5.69 Å². The predicted octanol–water partition coefficient (Wildman–Crippen LogP) is 3.92. The zero-order chi connectivity index (χ0) is 28.4. The predicted molar refractivity (Wildman–Crippen MR) is 149 cm³/mol. The van der Waals surface area contributed by atoms with E-state index in [0.717, 1.165) is 16.9 Å². The molecular weight excluding hydrogens is 626 g/mol. The van der Waals surface area contributed by atoms with Crippen LogP contribution in [0.4, 0.5) is 10.5 Å². The number of carbonyl (C=O) groups excluding carboxylic acids is 5. The average molecular weight is 659 g/mol. The number of amides is 4. The molecule has 1 heterocycles. The summed E-state index contributed by atoms with van der Waals surface area (Å²) in [5, 5.41) is 5.38. The Morgan fingerprint density at radius 2 is 1.55 bits per heavy atom. The Balaban J connectivity index is 1.72. The lowest BCUT2D eigenvalue weighted by Crippen LogP contribution is -2.45. The Morgan fingerprint density at radius 3 is 2.11 bits per heavy atom. The van der Waals surface area contributed by atoms with Gasteiger partial charge in [0.05, 0.1) is 25.8 Å². The van der Waals surface area contributed by atoms with E-state index in [1.165, 1.54) is 0 Å². The highest BCUT2D eigenvalue weighted by Crippen LogP contribution is 2.29. The molecule has 0 spiro atoms. The van der Waals surface area contributed by atoms with Gasteiger partial charge in [0.15, 0.2) is 5.78 Å². The summed E-state index contributed by atoms with van der Waals surface area (Å²) in [4.78, 5) is 62.6. The highest BCUT2D eigenvalue weighted by molar-refractivity contribution is 9.14. The molecular formula is C26H33Br2N3O7. The third kappa shape index (κ3) is 9.02. The maximum Gasteiger partial charge on any atom is 0.407 e. The summed E-state index contributed by atoms with van der Waals surface area (Å²) in [6.07, 6.45) is 0.0753. The van der Waals surface area contributed by atoms with Gasteiger partial charge in [-0.05, 0) is 61.9 Å². The van der Waals surface area contributed by atoms with Crippen molar-refractivity contribution in [3.8, 4) is 0 Å². The average Bonchev–Trinajstić information content (AvgIpc) is 3.06. The molecule has 0 unspecified atom stereocenters. The minimum Gasteiger partial charge on any atom is -0.447 e. The first kappa shape index (κ1) is 31.6. The smallest absolute Gasteiger partial charge is 0.407 e. The van der Waals surface area contributed by atoms with Gasteiger partial charge < -0.3 is 20.1 Å². The monoisotopic (exact) mass is 657 g/mol. The number of nitrogens with zero attached hydrogens (tertiary/aromatic N) is 1. The Bertz CT molecular complexity index is 1050. The quantitative estimate of drug-likeness (QED) is 0.229. The van der Waals surface area contributed by atoms with Gasteiger partial charge in [0.1, 0.15) is 15.6 Å². The number of rotatable bonds is 14. The van der Waals surface area contributed by atoms with Crippen LogP contribution in [0.5, 0.6) is 0 Å². The Hall–Kier alpha value is -2.57. The Morgan fingerprint density at radius 1 is 0.947 bits per heavy atom. The minimum atomic E-state index is -0.820. The van der Waals surface area contributed by atoms with Gasteiger partial charge in [0.25, 0.3) is 11.8 Å². The highest BCUT2D eigenvalue weighted by atomic mass is 79.9. The van der Waals surface area contributed by atoms with Crippen molar-refractivity contribution < 1.29 is 33.4 Å². The summed E-state index contributed by atoms with van der Waals surface area (Å²) in [7, 11) is 0. The second kappa shape index (κ2) is 15.1. The van der Waals surface area contributed by atoms with Gasteiger partial charge in [-0.2, -0.15) is 0 Å². The molecule has 0 aliphatic carbocycles. The molecule has 0 bridgehead atoms. The van der Waals surface area contributed by atoms with Crippen LogP contribution in [0.25, 0.3) is 0 Å². The Kier molecular flexibility index (Phi) is 12.6. The van der Waals surface area contributed by atoms with E-state index in [1.54, 1.807) is 20.8 Å². The third-order valence-corrected chi connectivity index (χ3v) is 7.85. The molecule has 1 aliphatic rings. The molecule has 208 valence electrons. The lowest BCUT2D eigenvalue weighted by atomic mass is 9.93. The number of hydrogen-bond donors (Lipinski definition) is 2. The van der Waals surface area contributed by atoms with E-state index < -0.39 is 29.9 Å². The van der Waals surface area contributed by atoms with Gasteiger partial charge >= 0.3 is 6.09 Å². The molecule has 38 heavy (non-hydrogen) atoms. The largest absolute Gasteiger partial charge is 0.447 e. The highest BCUT2D eigenvalue weighted by Gasteiger charge is 2.35. The van der Waals surface area contributed by atoms with Gasteiger partial charge in [-0.25, -0.2) is 4.79 Å². The molecule has 10 nitrogen and oxygen atoms in total. The summed E-state index contributed by atoms with van der Waals surface area (Å²) >= 11 is 6.10. The standard InChI is InChI=1S/C26H33Br2N3O7/c1-5-17-6-8-18(9-7-17)29-23(33)16(4)14-19(32)22(15(2)3)30-26(36)38-13-12-37-11-10-31-24(34)20(27)21(28)25(31)35/h6-9,15-16,22H,5,10-14H2,1-4H3,(H,29,33)(H,30,36)/t16-,22+/m1/s1. The number of alkyl carbamates (subject to hydrolysis) is 1. The SMILES string of the molecule is CCc1ccc(NC(=O)[C@H](C)CC(=O)[C@@H](NC(=O)OCCOCCN2C(=O)C(Br)=C(Br)C2=O)C(C)C)cc1. The number of hydrogen-bond acceptors (Lipinski definition) is 7. The third-order valence-electron chi connectivity index (χ3n) is 5.85. The molecule has 2 N–H and O–H groups in total. The van der Waals surface area contributed by atoms with Gasteiger partial charge in [-0.15, -0.1) is 0 Å². The number of aryl methyl sites for hydroxylation is 1. The van der Waals surface area contributed by atoms with E-state index in [2.05, 4.69) is 42.5 Å². The number of carbonyl (C=O) groups is 5. The lowest BCUT2D eigenvalue weighted by Gasteiger charge is -2.22.